The first-order valence-corrected chi connectivity index (χ1v) is 11.5. The molecule has 0 fully saturated rings. The Morgan fingerprint density at radius 2 is 1.07 bits per heavy atom. The zero-order valence-electron chi connectivity index (χ0n) is 20.4. The average Bonchev–Trinajstić information content (AvgIpc) is 2.66. The molecule has 0 saturated heterocycles. The van der Waals surface area contributed by atoms with Crippen LogP contribution in [-0.2, 0) is 4.79 Å². The summed E-state index contributed by atoms with van der Waals surface area (Å²) in [5.41, 5.74) is 12.3. The Labute approximate surface area is 186 Å². The molecular weight excluding hydrogens is 368 g/mol. The van der Waals surface area contributed by atoms with E-state index in [9.17, 15) is 4.79 Å². The van der Waals surface area contributed by atoms with Crippen molar-refractivity contribution in [3.8, 4) is 0 Å². The minimum atomic E-state index is -0.0443. The van der Waals surface area contributed by atoms with E-state index in [0.717, 1.165) is 50.5 Å². The fourth-order valence-electron chi connectivity index (χ4n) is 3.08. The molecule has 0 aromatic carbocycles. The molecule has 1 amide bonds. The van der Waals surface area contributed by atoms with Gasteiger partial charge in [0.15, 0.2) is 0 Å². The Hall–Kier alpha value is -1.87. The monoisotopic (exact) mass is 414 g/mol. The minimum absolute atomic E-state index is 0.0443. The van der Waals surface area contributed by atoms with Crippen molar-refractivity contribution in [1.29, 1.82) is 0 Å². The summed E-state index contributed by atoms with van der Waals surface area (Å²) >= 11 is 0. The first-order valence-electron chi connectivity index (χ1n) is 11.5. The molecule has 0 unspecified atom stereocenters. The van der Waals surface area contributed by atoms with Gasteiger partial charge in [-0.15, -0.1) is 0 Å². The molecular formula is C27H46N2O. The van der Waals surface area contributed by atoms with Crippen LogP contribution in [0, 0.1) is 0 Å². The molecule has 3 nitrogen and oxygen atoms in total. The van der Waals surface area contributed by atoms with E-state index in [0.29, 0.717) is 13.1 Å². The average molecular weight is 415 g/mol. The van der Waals surface area contributed by atoms with Crippen LogP contribution in [0.25, 0.3) is 0 Å². The second kappa shape index (κ2) is 17.9. The van der Waals surface area contributed by atoms with E-state index in [2.05, 4.69) is 64.2 Å². The summed E-state index contributed by atoms with van der Waals surface area (Å²) in [4.78, 5) is 11.6. The maximum absolute atomic E-state index is 11.6. The van der Waals surface area contributed by atoms with Gasteiger partial charge in [0.1, 0.15) is 0 Å². The van der Waals surface area contributed by atoms with E-state index in [1.807, 2.05) is 6.92 Å². The van der Waals surface area contributed by atoms with Crippen molar-refractivity contribution in [3.63, 3.8) is 0 Å². The van der Waals surface area contributed by atoms with Crippen LogP contribution in [-0.4, -0.2) is 19.0 Å². The standard InChI is InChI=1S/C27H46N2O/c1-22(2)11-7-12-23(3)13-8-14-24(4)15-9-16-25(5)17-10-18-26(6)21-27(30)29-20-19-28/h11,13,15,17,21H,7-10,12,14,16,18-20,28H2,1-6H3,(H,29,30)/b23-13+,24-15+,25-17+,26-21+. The normalized spacial score (nSPS) is 13.4. The van der Waals surface area contributed by atoms with Crippen molar-refractivity contribution in [2.45, 2.75) is 92.9 Å². The second-order valence-electron chi connectivity index (χ2n) is 8.66. The molecule has 0 aliphatic carbocycles. The number of nitrogens with two attached hydrogens (primary N) is 1. The molecule has 0 radical (unpaired) electrons. The van der Waals surface area contributed by atoms with Gasteiger partial charge in [-0.2, -0.15) is 0 Å². The minimum Gasteiger partial charge on any atom is -0.351 e. The van der Waals surface area contributed by atoms with E-state index in [4.69, 9.17) is 5.73 Å². The third-order valence-electron chi connectivity index (χ3n) is 5.01. The van der Waals surface area contributed by atoms with Gasteiger partial charge < -0.3 is 11.1 Å². The SMILES string of the molecule is CC(C)=CCC/C(C)=C/CC/C(C)=C/CC/C(C)=C/CC/C(C)=C/C(=O)NCCN. The number of allylic oxidation sites excluding steroid dienone is 9. The Bertz CT molecular complexity index is 644. The number of hydrogen-bond donors (Lipinski definition) is 2. The van der Waals surface area contributed by atoms with Gasteiger partial charge in [0.2, 0.25) is 5.91 Å². The molecule has 0 rings (SSSR count). The Morgan fingerprint density at radius 3 is 1.47 bits per heavy atom. The maximum atomic E-state index is 11.6. The number of carbonyl (C=O) groups is 1. The predicted octanol–water partition coefficient (Wildman–Crippen LogP) is 6.93. The second-order valence-corrected chi connectivity index (χ2v) is 8.66. The molecule has 0 heterocycles. The van der Waals surface area contributed by atoms with Gasteiger partial charge in [-0.25, -0.2) is 0 Å². The van der Waals surface area contributed by atoms with E-state index in [1.54, 1.807) is 6.08 Å². The third kappa shape index (κ3) is 18.2. The van der Waals surface area contributed by atoms with Crippen LogP contribution in [0.5, 0.6) is 0 Å². The topological polar surface area (TPSA) is 55.1 Å². The largest absolute Gasteiger partial charge is 0.351 e. The van der Waals surface area contributed by atoms with E-state index in [1.165, 1.54) is 28.7 Å². The highest BCUT2D eigenvalue weighted by Gasteiger charge is 1.97. The lowest BCUT2D eigenvalue weighted by atomic mass is 10.0. The Balaban J connectivity index is 4.12. The van der Waals surface area contributed by atoms with Gasteiger partial charge in [0.25, 0.3) is 0 Å². The van der Waals surface area contributed by atoms with Gasteiger partial charge in [-0.05, 0) is 92.9 Å². The molecule has 3 N–H and O–H groups in total. The Morgan fingerprint density at radius 1 is 0.667 bits per heavy atom. The molecule has 3 heteroatoms. The lowest BCUT2D eigenvalue weighted by Crippen LogP contribution is -2.27. The van der Waals surface area contributed by atoms with Crippen molar-refractivity contribution >= 4 is 5.91 Å². The quantitative estimate of drug-likeness (QED) is 0.225. The van der Waals surface area contributed by atoms with Crippen molar-refractivity contribution < 1.29 is 4.79 Å². The molecule has 0 spiro atoms. The number of nitrogens with one attached hydrogen (secondary N) is 1. The molecule has 0 aromatic heterocycles. The van der Waals surface area contributed by atoms with Crippen molar-refractivity contribution in [3.05, 3.63) is 58.2 Å². The molecule has 0 atom stereocenters. The lowest BCUT2D eigenvalue weighted by Gasteiger charge is -2.03. The summed E-state index contributed by atoms with van der Waals surface area (Å²) < 4.78 is 0. The third-order valence-corrected chi connectivity index (χ3v) is 5.01. The van der Waals surface area contributed by atoms with Crippen molar-refractivity contribution in [2.24, 2.45) is 5.73 Å². The summed E-state index contributed by atoms with van der Waals surface area (Å²) in [6, 6.07) is 0. The van der Waals surface area contributed by atoms with Gasteiger partial charge in [0, 0.05) is 19.2 Å². The van der Waals surface area contributed by atoms with Crippen molar-refractivity contribution in [1.82, 2.24) is 5.32 Å². The fraction of sp³-hybridized carbons (Fsp3) is 0.593. The van der Waals surface area contributed by atoms with Crippen LogP contribution in [0.2, 0.25) is 0 Å². The summed E-state index contributed by atoms with van der Waals surface area (Å²) in [5, 5.41) is 2.77. The van der Waals surface area contributed by atoms with Gasteiger partial charge in [0.05, 0.1) is 0 Å². The highest BCUT2D eigenvalue weighted by molar-refractivity contribution is 5.88. The molecule has 0 saturated carbocycles. The first kappa shape index (κ1) is 28.1. The summed E-state index contributed by atoms with van der Waals surface area (Å²) in [7, 11) is 0. The van der Waals surface area contributed by atoms with Crippen LogP contribution < -0.4 is 11.1 Å². The number of carbonyl (C=O) groups excluding carboxylic acids is 1. The van der Waals surface area contributed by atoms with E-state index < -0.39 is 0 Å². The molecule has 0 aliphatic rings. The fourth-order valence-corrected chi connectivity index (χ4v) is 3.08. The smallest absolute Gasteiger partial charge is 0.243 e. The van der Waals surface area contributed by atoms with Crippen LogP contribution in [0.4, 0.5) is 0 Å². The van der Waals surface area contributed by atoms with Gasteiger partial charge >= 0.3 is 0 Å². The van der Waals surface area contributed by atoms with Crippen LogP contribution in [0.1, 0.15) is 92.9 Å². The lowest BCUT2D eigenvalue weighted by molar-refractivity contribution is -0.116. The predicted molar refractivity (Wildman–Crippen MR) is 133 cm³/mol. The van der Waals surface area contributed by atoms with Crippen molar-refractivity contribution in [2.75, 3.05) is 13.1 Å². The molecule has 170 valence electrons. The highest BCUT2D eigenvalue weighted by atomic mass is 16.1. The van der Waals surface area contributed by atoms with Crippen LogP contribution in [0.3, 0.4) is 0 Å². The van der Waals surface area contributed by atoms with Crippen LogP contribution in [0.15, 0.2) is 58.2 Å². The van der Waals surface area contributed by atoms with Gasteiger partial charge in [-0.3, -0.25) is 4.79 Å². The molecule has 30 heavy (non-hydrogen) atoms. The Kier molecular flexibility index (Phi) is 16.8. The number of hydrogen-bond acceptors (Lipinski definition) is 2. The number of rotatable bonds is 15. The van der Waals surface area contributed by atoms with Crippen LogP contribution >= 0.6 is 0 Å². The van der Waals surface area contributed by atoms with E-state index >= 15 is 0 Å². The molecule has 0 aliphatic heterocycles. The number of amides is 1. The first-order chi connectivity index (χ1) is 14.2. The van der Waals surface area contributed by atoms with E-state index in [-0.39, 0.29) is 5.91 Å². The molecule has 0 aromatic rings. The maximum Gasteiger partial charge on any atom is 0.243 e. The zero-order chi connectivity index (χ0) is 22.8. The molecule has 0 bridgehead atoms. The van der Waals surface area contributed by atoms with Gasteiger partial charge in [-0.1, -0.05) is 52.2 Å². The summed E-state index contributed by atoms with van der Waals surface area (Å²) in [6.45, 7) is 14.0. The highest BCUT2D eigenvalue weighted by Crippen LogP contribution is 2.14. The zero-order valence-corrected chi connectivity index (χ0v) is 20.4. The summed E-state index contributed by atoms with van der Waals surface area (Å²) in [6.07, 6.45) is 19.8. The summed E-state index contributed by atoms with van der Waals surface area (Å²) in [5.74, 6) is -0.0443.